The predicted octanol–water partition coefficient (Wildman–Crippen LogP) is 0.283. The van der Waals surface area contributed by atoms with E-state index in [4.69, 9.17) is 10.5 Å². The lowest BCUT2D eigenvalue weighted by molar-refractivity contribution is -0.131. The Bertz CT molecular complexity index is 270. The van der Waals surface area contributed by atoms with Crippen LogP contribution in [0.4, 0.5) is 0 Å². The lowest BCUT2D eigenvalue weighted by Crippen LogP contribution is -2.42. The molecular weight excluding hydrogens is 192 g/mol. The van der Waals surface area contributed by atoms with Crippen LogP contribution in [0.2, 0.25) is 0 Å². The van der Waals surface area contributed by atoms with Crippen LogP contribution in [0.5, 0.6) is 0 Å². The fraction of sp³-hybridized carbons (Fsp3) is 0.727. The van der Waals surface area contributed by atoms with Gasteiger partial charge in [0.25, 0.3) is 0 Å². The zero-order valence-corrected chi connectivity index (χ0v) is 8.95. The Hall–Kier alpha value is -0.870. The molecular formula is C11H18N2O2. The first-order valence-corrected chi connectivity index (χ1v) is 5.59. The van der Waals surface area contributed by atoms with E-state index in [2.05, 4.69) is 0 Å². The largest absolute Gasteiger partial charge is 0.378 e. The molecule has 2 N–H and O–H groups in total. The number of hydrogen-bond donors (Lipinski definition) is 1. The number of rotatable bonds is 1. The Morgan fingerprint density at radius 3 is 2.87 bits per heavy atom. The molecule has 1 aliphatic carbocycles. The number of nitrogens with zero attached hydrogens (tertiary/aromatic N) is 1. The average Bonchev–Trinajstić information content (AvgIpc) is 2.29. The number of hydrogen-bond acceptors (Lipinski definition) is 3. The molecule has 0 aromatic rings. The lowest BCUT2D eigenvalue weighted by atomic mass is 9.94. The summed E-state index contributed by atoms with van der Waals surface area (Å²) in [6.07, 6.45) is 4.71. The number of morpholine rings is 1. The van der Waals surface area contributed by atoms with Crippen molar-refractivity contribution in [2.45, 2.75) is 25.3 Å². The molecule has 2 aliphatic rings. The Morgan fingerprint density at radius 2 is 2.20 bits per heavy atom. The van der Waals surface area contributed by atoms with Gasteiger partial charge in [-0.1, -0.05) is 6.08 Å². The van der Waals surface area contributed by atoms with Gasteiger partial charge in [0.1, 0.15) is 0 Å². The maximum atomic E-state index is 12.0. The Morgan fingerprint density at radius 1 is 1.47 bits per heavy atom. The van der Waals surface area contributed by atoms with E-state index in [0.717, 1.165) is 24.8 Å². The monoisotopic (exact) mass is 210 g/mol. The minimum atomic E-state index is 0.161. The molecule has 15 heavy (non-hydrogen) atoms. The van der Waals surface area contributed by atoms with Crippen LogP contribution in [0, 0.1) is 0 Å². The van der Waals surface area contributed by atoms with Crippen molar-refractivity contribution in [2.24, 2.45) is 5.73 Å². The van der Waals surface area contributed by atoms with E-state index in [1.807, 2.05) is 11.0 Å². The van der Waals surface area contributed by atoms with Crippen molar-refractivity contribution in [3.05, 3.63) is 11.6 Å². The summed E-state index contributed by atoms with van der Waals surface area (Å²) in [4.78, 5) is 13.9. The van der Waals surface area contributed by atoms with E-state index in [9.17, 15) is 4.79 Å². The summed E-state index contributed by atoms with van der Waals surface area (Å²) in [5.41, 5.74) is 6.75. The van der Waals surface area contributed by atoms with Gasteiger partial charge in [0, 0.05) is 24.7 Å². The Labute approximate surface area is 90.1 Å². The van der Waals surface area contributed by atoms with Crippen molar-refractivity contribution in [1.29, 1.82) is 0 Å². The van der Waals surface area contributed by atoms with Gasteiger partial charge in [0.15, 0.2) is 0 Å². The second kappa shape index (κ2) is 4.77. The van der Waals surface area contributed by atoms with Crippen molar-refractivity contribution >= 4 is 5.91 Å². The molecule has 1 aliphatic heterocycles. The number of carbonyl (C=O) groups excluding carboxylic acids is 1. The van der Waals surface area contributed by atoms with Crippen LogP contribution in [0.1, 0.15) is 19.3 Å². The molecule has 1 atom stereocenters. The number of allylic oxidation sites excluding steroid dienone is 1. The Balaban J connectivity index is 1.97. The summed E-state index contributed by atoms with van der Waals surface area (Å²) in [6.45, 7) is 2.74. The summed E-state index contributed by atoms with van der Waals surface area (Å²) in [6, 6.07) is 0.162. The SMILES string of the molecule is NC1CCC=C(C(=O)N2CCOCC2)C1. The van der Waals surface area contributed by atoms with Crippen LogP contribution in [-0.4, -0.2) is 43.2 Å². The van der Waals surface area contributed by atoms with Gasteiger partial charge in [-0.2, -0.15) is 0 Å². The minimum Gasteiger partial charge on any atom is -0.378 e. The van der Waals surface area contributed by atoms with E-state index in [1.165, 1.54) is 0 Å². The van der Waals surface area contributed by atoms with Gasteiger partial charge in [-0.15, -0.1) is 0 Å². The number of ether oxygens (including phenoxy) is 1. The predicted molar refractivity (Wildman–Crippen MR) is 57.3 cm³/mol. The smallest absolute Gasteiger partial charge is 0.249 e. The quantitative estimate of drug-likeness (QED) is 0.676. The maximum absolute atomic E-state index is 12.0. The molecule has 84 valence electrons. The normalized spacial score (nSPS) is 27.4. The highest BCUT2D eigenvalue weighted by Crippen LogP contribution is 2.19. The molecule has 1 unspecified atom stereocenters. The summed E-state index contributed by atoms with van der Waals surface area (Å²) < 4.78 is 5.22. The summed E-state index contributed by atoms with van der Waals surface area (Å²) in [7, 11) is 0. The number of carbonyl (C=O) groups is 1. The van der Waals surface area contributed by atoms with E-state index < -0.39 is 0 Å². The van der Waals surface area contributed by atoms with Gasteiger partial charge in [0.05, 0.1) is 13.2 Å². The average molecular weight is 210 g/mol. The van der Waals surface area contributed by atoms with Gasteiger partial charge in [-0.05, 0) is 19.3 Å². The molecule has 1 amide bonds. The third kappa shape index (κ3) is 2.58. The first-order chi connectivity index (χ1) is 7.27. The van der Waals surface area contributed by atoms with Crippen LogP contribution in [0.15, 0.2) is 11.6 Å². The van der Waals surface area contributed by atoms with Crippen molar-refractivity contribution in [3.63, 3.8) is 0 Å². The molecule has 4 heteroatoms. The second-order valence-electron chi connectivity index (χ2n) is 4.18. The summed E-state index contributed by atoms with van der Waals surface area (Å²) in [5, 5.41) is 0. The van der Waals surface area contributed by atoms with Gasteiger partial charge >= 0.3 is 0 Å². The van der Waals surface area contributed by atoms with Crippen molar-refractivity contribution in [2.75, 3.05) is 26.3 Å². The van der Waals surface area contributed by atoms with E-state index in [1.54, 1.807) is 0 Å². The zero-order chi connectivity index (χ0) is 10.7. The highest BCUT2D eigenvalue weighted by atomic mass is 16.5. The molecule has 2 rings (SSSR count). The molecule has 0 saturated carbocycles. The minimum absolute atomic E-state index is 0.161. The van der Waals surface area contributed by atoms with Crippen molar-refractivity contribution in [3.8, 4) is 0 Å². The second-order valence-corrected chi connectivity index (χ2v) is 4.18. The topological polar surface area (TPSA) is 55.6 Å². The molecule has 0 bridgehead atoms. The van der Waals surface area contributed by atoms with Gasteiger partial charge in [-0.25, -0.2) is 0 Å². The van der Waals surface area contributed by atoms with E-state index >= 15 is 0 Å². The standard InChI is InChI=1S/C11H18N2O2/c12-10-3-1-2-9(8-10)11(14)13-4-6-15-7-5-13/h2,10H,1,3-8,12H2. The lowest BCUT2D eigenvalue weighted by Gasteiger charge is -2.29. The van der Waals surface area contributed by atoms with E-state index in [-0.39, 0.29) is 11.9 Å². The van der Waals surface area contributed by atoms with Gasteiger partial charge in [-0.3, -0.25) is 4.79 Å². The maximum Gasteiger partial charge on any atom is 0.249 e. The van der Waals surface area contributed by atoms with Crippen molar-refractivity contribution in [1.82, 2.24) is 4.90 Å². The zero-order valence-electron chi connectivity index (χ0n) is 8.95. The van der Waals surface area contributed by atoms with Crippen LogP contribution in [0.3, 0.4) is 0 Å². The molecule has 0 aromatic heterocycles. The van der Waals surface area contributed by atoms with Gasteiger partial charge in [0.2, 0.25) is 5.91 Å². The van der Waals surface area contributed by atoms with Gasteiger partial charge < -0.3 is 15.4 Å². The fourth-order valence-corrected chi connectivity index (χ4v) is 2.08. The fourth-order valence-electron chi connectivity index (χ4n) is 2.08. The molecule has 0 spiro atoms. The van der Waals surface area contributed by atoms with Crippen LogP contribution >= 0.6 is 0 Å². The van der Waals surface area contributed by atoms with Crippen LogP contribution in [0.25, 0.3) is 0 Å². The third-order valence-corrected chi connectivity index (χ3v) is 2.98. The molecule has 1 heterocycles. The Kier molecular flexibility index (Phi) is 3.38. The van der Waals surface area contributed by atoms with Crippen LogP contribution in [-0.2, 0) is 9.53 Å². The van der Waals surface area contributed by atoms with E-state index in [0.29, 0.717) is 26.3 Å². The molecule has 1 fully saturated rings. The molecule has 1 saturated heterocycles. The highest BCUT2D eigenvalue weighted by Gasteiger charge is 2.23. The highest BCUT2D eigenvalue weighted by molar-refractivity contribution is 5.93. The first kappa shape index (κ1) is 10.6. The summed E-state index contributed by atoms with van der Waals surface area (Å²) in [5.74, 6) is 0.161. The van der Waals surface area contributed by atoms with Crippen molar-refractivity contribution < 1.29 is 9.53 Å². The van der Waals surface area contributed by atoms with Crippen LogP contribution < -0.4 is 5.73 Å². The molecule has 0 radical (unpaired) electrons. The third-order valence-electron chi connectivity index (χ3n) is 2.98. The number of amides is 1. The number of nitrogens with two attached hydrogens (primary N) is 1. The molecule has 4 nitrogen and oxygen atoms in total. The first-order valence-electron chi connectivity index (χ1n) is 5.59. The summed E-state index contributed by atoms with van der Waals surface area (Å²) >= 11 is 0. The molecule has 0 aromatic carbocycles.